The van der Waals surface area contributed by atoms with Gasteiger partial charge in [0.1, 0.15) is 65.2 Å². The van der Waals surface area contributed by atoms with Crippen LogP contribution < -0.4 is 15.5 Å². The summed E-state index contributed by atoms with van der Waals surface area (Å²) in [6.07, 6.45) is 4.75. The summed E-state index contributed by atoms with van der Waals surface area (Å²) in [5, 5.41) is 81.7. The van der Waals surface area contributed by atoms with Gasteiger partial charge < -0.3 is 59.8 Å². The lowest BCUT2D eigenvalue weighted by Gasteiger charge is -2.51. The number of carbonyl (C=O) groups is 1. The Hall–Kier alpha value is -5.46. The number of phenolic OH excluding ortho intramolecular Hbond substituents is 2. The highest BCUT2D eigenvalue weighted by Gasteiger charge is 2.58. The molecule has 2 aliphatic heterocycles. The molecule has 3 aromatic carbocycles. The number of ether oxygens (including phenoxy) is 1. The predicted octanol–water partition coefficient (Wildman–Crippen LogP) is 5.43. The summed E-state index contributed by atoms with van der Waals surface area (Å²) >= 11 is 0. The van der Waals surface area contributed by atoms with Gasteiger partial charge in [-0.15, -0.1) is 0 Å². The van der Waals surface area contributed by atoms with Gasteiger partial charge >= 0.3 is 0 Å². The van der Waals surface area contributed by atoms with Gasteiger partial charge in [-0.1, -0.05) is 32.3 Å². The Morgan fingerprint density at radius 2 is 1.76 bits per heavy atom. The maximum atomic E-state index is 13.9. The van der Waals surface area contributed by atoms with Crippen LogP contribution in [0.15, 0.2) is 70.1 Å². The fourth-order valence-electron chi connectivity index (χ4n) is 12.5. The van der Waals surface area contributed by atoms with Gasteiger partial charge in [0.2, 0.25) is 5.91 Å². The van der Waals surface area contributed by atoms with Crippen molar-refractivity contribution in [2.75, 3.05) is 19.8 Å². The highest BCUT2D eigenvalue weighted by atomic mass is 17.2. The molecule has 2 saturated carbocycles. The van der Waals surface area contributed by atoms with E-state index in [-0.39, 0.29) is 41.1 Å². The number of hydrogen-bond acceptors (Lipinski definition) is 13. The third-order valence-electron chi connectivity index (χ3n) is 15.9. The first-order chi connectivity index (χ1) is 32.7. The van der Waals surface area contributed by atoms with Crippen molar-refractivity contribution in [3.8, 4) is 22.9 Å². The van der Waals surface area contributed by atoms with Crippen LogP contribution in [0.4, 0.5) is 0 Å². The summed E-state index contributed by atoms with van der Waals surface area (Å²) in [6, 6.07) is 12.5. The maximum Gasteiger partial charge on any atom is 0.226 e. The van der Waals surface area contributed by atoms with Crippen LogP contribution in [0.5, 0.6) is 17.2 Å². The first kappa shape index (κ1) is 46.3. The smallest absolute Gasteiger partial charge is 0.226 e. The molecule has 0 unspecified atom stereocenters. The molecule has 3 fully saturated rings. The van der Waals surface area contributed by atoms with Gasteiger partial charge in [0.05, 0.1) is 22.9 Å². The molecule has 16 heteroatoms. The number of aromatic hydroxyl groups is 2. The Morgan fingerprint density at radius 3 is 2.54 bits per heavy atom. The van der Waals surface area contributed by atoms with E-state index in [0.717, 1.165) is 61.5 Å². The minimum Gasteiger partial charge on any atom is -0.508 e. The van der Waals surface area contributed by atoms with Gasteiger partial charge in [-0.3, -0.25) is 9.59 Å². The van der Waals surface area contributed by atoms with E-state index >= 15 is 0 Å². The molecule has 1 saturated heterocycles. The number of aliphatic hydroxyl groups is 5. The molecule has 0 radical (unpaired) electrons. The van der Waals surface area contributed by atoms with Crippen molar-refractivity contribution in [2.45, 2.75) is 127 Å². The number of amides is 1. The molecule has 3 aromatic heterocycles. The number of aromatic nitrogens is 2. The van der Waals surface area contributed by atoms with Crippen molar-refractivity contribution in [3.05, 3.63) is 93.7 Å². The molecule has 9 N–H and O–H groups in total. The number of phenols is 2. The molecule has 68 heavy (non-hydrogen) atoms. The molecule has 5 heterocycles. The minimum absolute atomic E-state index is 0.0431. The van der Waals surface area contributed by atoms with E-state index in [1.165, 1.54) is 36.4 Å². The SMILES string of the molecule is CCc1c2cc[nH]c2cn1-c1c2c(cc3c(=O)cc(C)oc13)C[C@@H](OOC[C@@](O)(Cc1ccc(O)c3ccc(O)cc13)[C@@H](O)[C@H](O)[C@H](O)CO)[C@]1(CCC[C@@H]([C@@H]3CNC(=O)C34CCCCC4)C1)O2. The quantitative estimate of drug-likeness (QED) is 0.0519. The Kier molecular flexibility index (Phi) is 12.1. The Balaban J connectivity index is 1.07. The third-order valence-corrected chi connectivity index (χ3v) is 15.9. The van der Waals surface area contributed by atoms with Crippen molar-refractivity contribution < 1.29 is 59.5 Å². The van der Waals surface area contributed by atoms with Crippen molar-refractivity contribution in [1.29, 1.82) is 0 Å². The minimum atomic E-state index is -2.40. The predicted molar refractivity (Wildman–Crippen MR) is 251 cm³/mol. The number of carbonyl (C=O) groups excluding carboxylic acids is 1. The van der Waals surface area contributed by atoms with Crippen molar-refractivity contribution in [3.63, 3.8) is 0 Å². The number of benzene rings is 3. The van der Waals surface area contributed by atoms with Crippen LogP contribution in [-0.2, 0) is 33.8 Å². The van der Waals surface area contributed by atoms with Crippen LogP contribution >= 0.6 is 0 Å². The molecule has 8 atom stereocenters. The molecule has 1 amide bonds. The van der Waals surface area contributed by atoms with E-state index in [2.05, 4.69) is 17.2 Å². The number of fused-ring (bicyclic) bond motifs is 4. The summed E-state index contributed by atoms with van der Waals surface area (Å²) in [7, 11) is 0. The zero-order valence-corrected chi connectivity index (χ0v) is 38.4. The third kappa shape index (κ3) is 7.74. The number of nitrogens with zero attached hydrogens (tertiary/aromatic N) is 1. The largest absolute Gasteiger partial charge is 0.508 e. The second kappa shape index (κ2) is 17.8. The first-order valence-electron chi connectivity index (χ1n) is 24.0. The van der Waals surface area contributed by atoms with E-state index in [0.29, 0.717) is 75.9 Å². The lowest BCUT2D eigenvalue weighted by atomic mass is 9.59. The van der Waals surface area contributed by atoms with E-state index < -0.39 is 60.7 Å². The van der Waals surface area contributed by atoms with Crippen molar-refractivity contribution in [1.82, 2.24) is 14.9 Å². The van der Waals surface area contributed by atoms with Crippen LogP contribution in [0.2, 0.25) is 0 Å². The molecule has 16 nitrogen and oxygen atoms in total. The summed E-state index contributed by atoms with van der Waals surface area (Å²) in [5.74, 6) is 0.972. The van der Waals surface area contributed by atoms with Crippen molar-refractivity contribution >= 4 is 38.6 Å². The van der Waals surface area contributed by atoms with Crippen LogP contribution in [-0.4, -0.2) is 107 Å². The summed E-state index contributed by atoms with van der Waals surface area (Å²) < 4.78 is 16.0. The zero-order valence-electron chi connectivity index (χ0n) is 38.4. The maximum absolute atomic E-state index is 13.9. The normalized spacial score (nSPS) is 24.8. The molecule has 0 bridgehead atoms. The molecule has 2 spiro atoms. The average molecular weight is 936 g/mol. The number of aryl methyl sites for hydroxylation is 2. The topological polar surface area (TPSA) is 249 Å². The Labute approximate surface area is 392 Å². The molecule has 6 aromatic rings. The number of H-pyrrole nitrogens is 1. The van der Waals surface area contributed by atoms with E-state index in [1.807, 2.05) is 23.0 Å². The Morgan fingerprint density at radius 1 is 0.956 bits per heavy atom. The van der Waals surface area contributed by atoms with Crippen molar-refractivity contribution in [2.24, 2.45) is 17.3 Å². The number of hydrogen-bond donors (Lipinski definition) is 9. The summed E-state index contributed by atoms with van der Waals surface area (Å²) in [4.78, 5) is 43.6. The van der Waals surface area contributed by atoms with Gasteiger partial charge in [0.15, 0.2) is 16.8 Å². The van der Waals surface area contributed by atoms with Gasteiger partial charge in [-0.05, 0) is 111 Å². The zero-order chi connectivity index (χ0) is 47.7. The van der Waals surface area contributed by atoms with E-state index in [1.54, 1.807) is 13.0 Å². The lowest BCUT2D eigenvalue weighted by molar-refractivity contribution is -0.375. The summed E-state index contributed by atoms with van der Waals surface area (Å²) in [6.45, 7) is 2.69. The molecular formula is C52H61N3O13. The highest BCUT2D eigenvalue weighted by molar-refractivity contribution is 5.93. The van der Waals surface area contributed by atoms with Crippen LogP contribution in [0, 0.1) is 24.2 Å². The van der Waals surface area contributed by atoms with Gasteiger partial charge in [0.25, 0.3) is 0 Å². The number of aromatic amines is 1. The molecule has 2 aliphatic carbocycles. The fraction of sp³-hybridized carbons (Fsp3) is 0.500. The molecule has 4 aliphatic rings. The monoisotopic (exact) mass is 935 g/mol. The standard InChI is InChI=1S/C52H61N3O13/c1-3-39-34-13-17-53-38(34)25-55(39)44-46-31(19-36-41(59)18-28(2)66-47(36)44)20-43(52(67-46)16-7-8-30(23-52)37-24-54-49(63)50(37)14-5-4-6-15-50)68-65-27-51(64,48(62)45(61)42(60)26-56)22-29-9-12-40(58)33-11-10-32(57)21-35(29)33/h9-13,17-19,21,25,30,37,42-43,45,48,53,56-58,60-62,64H,3-8,14-16,20,22-24,26-27H2,1-2H3,(H,54,63)/t30-,37+,42-,43-,45-,48+,51+,52-/m1/s1. The van der Waals surface area contributed by atoms with Gasteiger partial charge in [0, 0.05) is 59.9 Å². The first-order valence-corrected chi connectivity index (χ1v) is 24.0. The molecule has 10 rings (SSSR count). The van der Waals surface area contributed by atoms with Crippen LogP contribution in [0.3, 0.4) is 0 Å². The lowest BCUT2D eigenvalue weighted by Crippen LogP contribution is -2.59. The summed E-state index contributed by atoms with van der Waals surface area (Å²) in [5.41, 5.74) is -0.347. The Bertz CT molecular complexity index is 2930. The van der Waals surface area contributed by atoms with Crippen LogP contribution in [0.25, 0.3) is 38.3 Å². The number of nitrogens with one attached hydrogen (secondary N) is 2. The fourth-order valence-corrected chi connectivity index (χ4v) is 12.5. The van der Waals surface area contributed by atoms with E-state index in [4.69, 9.17) is 18.9 Å². The second-order valence-electron chi connectivity index (χ2n) is 20.0. The number of aliphatic hydroxyl groups excluding tert-OH is 4. The van der Waals surface area contributed by atoms with Crippen LogP contribution in [0.1, 0.15) is 87.3 Å². The second-order valence-corrected chi connectivity index (χ2v) is 20.0. The van der Waals surface area contributed by atoms with E-state index in [9.17, 15) is 45.3 Å². The van der Waals surface area contributed by atoms with Gasteiger partial charge in [-0.2, -0.15) is 0 Å². The average Bonchev–Trinajstić information content (AvgIpc) is 4.02. The molecule has 362 valence electrons. The molecular weight excluding hydrogens is 875 g/mol. The highest BCUT2D eigenvalue weighted by Crippen LogP contribution is 2.56. The van der Waals surface area contributed by atoms with Gasteiger partial charge in [-0.25, -0.2) is 9.78 Å². The number of rotatable bonds is 13.